The Morgan fingerprint density at radius 2 is 1.67 bits per heavy atom. The highest BCUT2D eigenvalue weighted by Crippen LogP contribution is 2.31. The lowest BCUT2D eigenvalue weighted by molar-refractivity contribution is 0.0977. The van der Waals surface area contributed by atoms with Crippen LogP contribution in [0.5, 0.6) is 0 Å². The summed E-state index contributed by atoms with van der Waals surface area (Å²) in [5.41, 5.74) is 11.8. The van der Waals surface area contributed by atoms with Crippen LogP contribution in [0.2, 0.25) is 0 Å². The molecule has 21 heavy (non-hydrogen) atoms. The van der Waals surface area contributed by atoms with E-state index in [-0.39, 0.29) is 11.4 Å². The number of fused-ring (bicyclic) bond motifs is 1. The maximum absolute atomic E-state index is 11.2. The molecule has 1 aromatic heterocycles. The third-order valence-electron chi connectivity index (χ3n) is 2.32. The van der Waals surface area contributed by atoms with Crippen LogP contribution in [0.25, 0.3) is 11.0 Å². The van der Waals surface area contributed by atoms with Gasteiger partial charge in [-0.1, -0.05) is 39.3 Å². The summed E-state index contributed by atoms with van der Waals surface area (Å²) >= 11 is 0. The SMILES string of the molecule is CC.CC.Cc1ccc2oc(C(N)=O)c(NC(N)=O)c2c1. The number of furan rings is 1. The molecule has 116 valence electrons. The molecular formula is C15H23N3O3. The highest BCUT2D eigenvalue weighted by Gasteiger charge is 2.19. The number of nitrogens with two attached hydrogens (primary N) is 2. The van der Waals surface area contributed by atoms with Crippen LogP contribution in [-0.2, 0) is 0 Å². The molecule has 2 aromatic rings. The van der Waals surface area contributed by atoms with E-state index in [4.69, 9.17) is 15.9 Å². The number of carbonyl (C=O) groups is 2. The molecule has 0 atom stereocenters. The van der Waals surface area contributed by atoms with Crippen molar-refractivity contribution in [2.75, 3.05) is 5.32 Å². The number of hydrogen-bond donors (Lipinski definition) is 3. The van der Waals surface area contributed by atoms with Crippen LogP contribution in [0.4, 0.5) is 10.5 Å². The van der Waals surface area contributed by atoms with Crippen molar-refractivity contribution in [3.63, 3.8) is 0 Å². The number of anilines is 1. The molecule has 0 aliphatic carbocycles. The molecule has 0 bridgehead atoms. The first-order chi connectivity index (χ1) is 9.99. The Morgan fingerprint density at radius 1 is 1.10 bits per heavy atom. The lowest BCUT2D eigenvalue weighted by Crippen LogP contribution is -2.21. The van der Waals surface area contributed by atoms with Crippen molar-refractivity contribution in [3.8, 4) is 0 Å². The fraction of sp³-hybridized carbons (Fsp3) is 0.333. The van der Waals surface area contributed by atoms with Crippen LogP contribution in [0.15, 0.2) is 22.6 Å². The molecule has 0 unspecified atom stereocenters. The van der Waals surface area contributed by atoms with Crippen LogP contribution >= 0.6 is 0 Å². The molecule has 0 saturated carbocycles. The van der Waals surface area contributed by atoms with Crippen LogP contribution < -0.4 is 16.8 Å². The van der Waals surface area contributed by atoms with Gasteiger partial charge >= 0.3 is 6.03 Å². The fourth-order valence-corrected chi connectivity index (χ4v) is 1.63. The van der Waals surface area contributed by atoms with Crippen molar-refractivity contribution in [3.05, 3.63) is 29.5 Å². The van der Waals surface area contributed by atoms with Crippen molar-refractivity contribution >= 4 is 28.6 Å². The predicted molar refractivity (Wildman–Crippen MR) is 85.4 cm³/mol. The monoisotopic (exact) mass is 293 g/mol. The summed E-state index contributed by atoms with van der Waals surface area (Å²) in [5.74, 6) is -0.869. The van der Waals surface area contributed by atoms with Crippen LogP contribution in [-0.4, -0.2) is 11.9 Å². The summed E-state index contributed by atoms with van der Waals surface area (Å²) in [6.07, 6.45) is 0. The molecule has 0 aliphatic rings. The van der Waals surface area contributed by atoms with Gasteiger partial charge in [-0.3, -0.25) is 4.79 Å². The van der Waals surface area contributed by atoms with E-state index >= 15 is 0 Å². The number of rotatable bonds is 2. The molecule has 5 N–H and O–H groups in total. The summed E-state index contributed by atoms with van der Waals surface area (Å²) in [4.78, 5) is 22.1. The minimum Gasteiger partial charge on any atom is -0.449 e. The van der Waals surface area contributed by atoms with Crippen LogP contribution in [0.1, 0.15) is 43.8 Å². The highest BCUT2D eigenvalue weighted by molar-refractivity contribution is 6.10. The first kappa shape index (κ1) is 18.5. The van der Waals surface area contributed by atoms with Crippen molar-refractivity contribution in [1.82, 2.24) is 0 Å². The molecule has 1 aromatic carbocycles. The standard InChI is InChI=1S/C11H11N3O3.2C2H6/c1-5-2-3-7-6(4-5)8(14-11(13)16)9(17-7)10(12)15;2*1-2/h2-4H,1H3,(H2,12,15)(H3,13,14,16);2*1-2H3. The van der Waals surface area contributed by atoms with Gasteiger partial charge in [0.25, 0.3) is 5.91 Å². The second-order valence-electron chi connectivity index (χ2n) is 3.66. The molecule has 6 nitrogen and oxygen atoms in total. The molecule has 0 aliphatic heterocycles. The average molecular weight is 293 g/mol. The highest BCUT2D eigenvalue weighted by atomic mass is 16.3. The number of amides is 3. The normalized spacial score (nSPS) is 9.00. The molecular weight excluding hydrogens is 270 g/mol. The maximum Gasteiger partial charge on any atom is 0.316 e. The van der Waals surface area contributed by atoms with E-state index in [0.717, 1.165) is 5.56 Å². The second kappa shape index (κ2) is 8.63. The van der Waals surface area contributed by atoms with E-state index in [1.54, 1.807) is 12.1 Å². The van der Waals surface area contributed by atoms with Crippen molar-refractivity contribution in [2.45, 2.75) is 34.6 Å². The number of urea groups is 1. The van der Waals surface area contributed by atoms with Gasteiger partial charge in [0, 0.05) is 5.39 Å². The minimum absolute atomic E-state index is 0.107. The van der Waals surface area contributed by atoms with Crippen molar-refractivity contribution in [1.29, 1.82) is 0 Å². The summed E-state index contributed by atoms with van der Waals surface area (Å²) in [6.45, 7) is 9.88. The predicted octanol–water partition coefficient (Wildman–Crippen LogP) is 3.38. The maximum atomic E-state index is 11.2. The van der Waals surface area contributed by atoms with Gasteiger partial charge in [-0.2, -0.15) is 0 Å². The van der Waals surface area contributed by atoms with Gasteiger partial charge in [-0.25, -0.2) is 4.79 Å². The van der Waals surface area contributed by atoms with Gasteiger partial charge in [-0.15, -0.1) is 0 Å². The lowest BCUT2D eigenvalue weighted by atomic mass is 10.1. The Labute approximate surface area is 124 Å². The molecule has 1 heterocycles. The number of primary amides is 2. The molecule has 6 heteroatoms. The molecule has 0 saturated heterocycles. The van der Waals surface area contributed by atoms with Gasteiger partial charge < -0.3 is 21.2 Å². The topological polar surface area (TPSA) is 111 Å². The summed E-state index contributed by atoms with van der Waals surface area (Å²) in [7, 11) is 0. The Morgan fingerprint density at radius 3 is 2.14 bits per heavy atom. The quantitative estimate of drug-likeness (QED) is 0.789. The van der Waals surface area contributed by atoms with E-state index in [1.807, 2.05) is 40.7 Å². The zero-order valence-corrected chi connectivity index (χ0v) is 13.1. The van der Waals surface area contributed by atoms with E-state index in [1.165, 1.54) is 0 Å². The lowest BCUT2D eigenvalue weighted by Gasteiger charge is -2.00. The number of aryl methyl sites for hydroxylation is 1. The first-order valence-corrected chi connectivity index (χ1v) is 6.88. The van der Waals surface area contributed by atoms with Crippen molar-refractivity contribution < 1.29 is 14.0 Å². The first-order valence-electron chi connectivity index (χ1n) is 6.88. The third-order valence-corrected chi connectivity index (χ3v) is 2.32. The molecule has 3 amide bonds. The van der Waals surface area contributed by atoms with Crippen LogP contribution in [0.3, 0.4) is 0 Å². The smallest absolute Gasteiger partial charge is 0.316 e. The fourth-order valence-electron chi connectivity index (χ4n) is 1.63. The summed E-state index contributed by atoms with van der Waals surface area (Å²) in [6, 6.07) is 4.52. The minimum atomic E-state index is -0.781. The Bertz CT molecular complexity index is 618. The van der Waals surface area contributed by atoms with Gasteiger partial charge in [0.2, 0.25) is 5.76 Å². The Balaban J connectivity index is 0.000000921. The van der Waals surface area contributed by atoms with Crippen LogP contribution in [0, 0.1) is 6.92 Å². The number of benzene rings is 1. The molecule has 0 fully saturated rings. The van der Waals surface area contributed by atoms with E-state index in [9.17, 15) is 9.59 Å². The summed E-state index contributed by atoms with van der Waals surface area (Å²) < 4.78 is 5.27. The van der Waals surface area contributed by atoms with Gasteiger partial charge in [-0.05, 0) is 19.1 Å². The zero-order valence-electron chi connectivity index (χ0n) is 13.1. The van der Waals surface area contributed by atoms with E-state index in [0.29, 0.717) is 11.0 Å². The van der Waals surface area contributed by atoms with E-state index in [2.05, 4.69) is 5.32 Å². The largest absolute Gasteiger partial charge is 0.449 e. The molecule has 0 spiro atoms. The van der Waals surface area contributed by atoms with E-state index < -0.39 is 11.9 Å². The average Bonchev–Trinajstić information content (AvgIpc) is 2.81. The Hall–Kier alpha value is -2.50. The number of carbonyl (C=O) groups excluding carboxylic acids is 2. The number of nitrogens with one attached hydrogen (secondary N) is 1. The van der Waals surface area contributed by atoms with Gasteiger partial charge in [0.1, 0.15) is 11.3 Å². The van der Waals surface area contributed by atoms with Gasteiger partial charge in [0.05, 0.1) is 0 Å². The zero-order chi connectivity index (χ0) is 16.6. The second-order valence-corrected chi connectivity index (χ2v) is 3.66. The number of hydrogen-bond acceptors (Lipinski definition) is 3. The summed E-state index contributed by atoms with van der Waals surface area (Å²) in [5, 5.41) is 2.94. The van der Waals surface area contributed by atoms with Crippen molar-refractivity contribution in [2.24, 2.45) is 11.5 Å². The molecule has 2 rings (SSSR count). The third kappa shape index (κ3) is 4.52. The Kier molecular flexibility index (Phi) is 7.60. The van der Waals surface area contributed by atoms with Gasteiger partial charge in [0.15, 0.2) is 0 Å². The molecule has 0 radical (unpaired) electrons.